The van der Waals surface area contributed by atoms with Crippen LogP contribution in [0.25, 0.3) is 0 Å². The van der Waals surface area contributed by atoms with Crippen molar-refractivity contribution in [1.82, 2.24) is 4.90 Å². The van der Waals surface area contributed by atoms with Gasteiger partial charge in [0, 0.05) is 37.7 Å². The van der Waals surface area contributed by atoms with Crippen molar-refractivity contribution in [3.63, 3.8) is 0 Å². The number of hydrogen-bond donors (Lipinski definition) is 0. The molecule has 2 nitrogen and oxygen atoms in total. The molecule has 0 spiro atoms. The summed E-state index contributed by atoms with van der Waals surface area (Å²) in [6.07, 6.45) is 0. The van der Waals surface area contributed by atoms with Gasteiger partial charge in [-0.15, -0.1) is 0 Å². The monoisotopic (exact) mass is 440 g/mol. The molecule has 4 rings (SSSR count). The van der Waals surface area contributed by atoms with Crippen LogP contribution in [0, 0.1) is 6.92 Å². The van der Waals surface area contributed by atoms with Crippen LogP contribution in [0.5, 0.6) is 0 Å². The number of nitrogens with zero attached hydrogens (tertiary/aromatic N) is 2. The van der Waals surface area contributed by atoms with E-state index in [0.717, 1.165) is 43.4 Å². The first-order chi connectivity index (χ1) is 14.5. The van der Waals surface area contributed by atoms with Crippen LogP contribution in [0.1, 0.15) is 24.0 Å². The van der Waals surface area contributed by atoms with Crippen LogP contribution in [0.2, 0.25) is 10.0 Å². The molecule has 0 amide bonds. The molecule has 3 aromatic rings. The summed E-state index contributed by atoms with van der Waals surface area (Å²) in [7, 11) is 0. The van der Waals surface area contributed by atoms with Crippen LogP contribution in [0.4, 0.5) is 5.69 Å². The number of hydrogen-bond acceptors (Lipinski definition) is 2. The zero-order chi connectivity index (χ0) is 21.3. The maximum atomic E-state index is 6.32. The van der Waals surface area contributed by atoms with Gasteiger partial charge in [-0.1, -0.05) is 96.4 Å². The summed E-state index contributed by atoms with van der Waals surface area (Å²) in [6, 6.07) is 26.8. The number of aryl methyl sites for hydroxylation is 1. The fourth-order valence-electron chi connectivity index (χ4n) is 3.72. The van der Waals surface area contributed by atoms with Crippen molar-refractivity contribution < 1.29 is 0 Å². The summed E-state index contributed by atoms with van der Waals surface area (Å²) in [5.41, 5.74) is 3.82. The van der Waals surface area contributed by atoms with E-state index >= 15 is 0 Å². The number of rotatable bonds is 4. The lowest BCUT2D eigenvalue weighted by molar-refractivity contribution is 0.246. The molecule has 158 valence electrons. The van der Waals surface area contributed by atoms with Gasteiger partial charge in [0.2, 0.25) is 0 Å². The van der Waals surface area contributed by atoms with Gasteiger partial charge >= 0.3 is 0 Å². The van der Waals surface area contributed by atoms with Crippen LogP contribution in [-0.4, -0.2) is 37.6 Å². The fourth-order valence-corrected chi connectivity index (χ4v) is 4.25. The van der Waals surface area contributed by atoms with Crippen molar-refractivity contribution in [2.45, 2.75) is 19.8 Å². The van der Waals surface area contributed by atoms with Gasteiger partial charge in [0.1, 0.15) is 0 Å². The molecule has 1 atom stereocenters. The van der Waals surface area contributed by atoms with Crippen LogP contribution in [-0.2, 0) is 0 Å². The first-order valence-corrected chi connectivity index (χ1v) is 11.3. The van der Waals surface area contributed by atoms with E-state index in [1.165, 1.54) is 11.1 Å². The third-order valence-corrected chi connectivity index (χ3v) is 6.00. The second kappa shape index (κ2) is 11.4. The Labute approximate surface area is 191 Å². The largest absolute Gasteiger partial charge is 0.368 e. The summed E-state index contributed by atoms with van der Waals surface area (Å²) in [6.45, 7) is 9.63. The Morgan fingerprint density at radius 2 is 1.40 bits per heavy atom. The van der Waals surface area contributed by atoms with Crippen molar-refractivity contribution in [2.24, 2.45) is 0 Å². The SMILES string of the molecule is C[C@@H](CN1CCN(c2ccc(Cl)cc2Cl)CC1)c1ccccc1.Cc1ccccc1. The van der Waals surface area contributed by atoms with Crippen molar-refractivity contribution in [3.8, 4) is 0 Å². The van der Waals surface area contributed by atoms with Gasteiger partial charge in [0.05, 0.1) is 10.7 Å². The zero-order valence-electron chi connectivity index (χ0n) is 17.8. The lowest BCUT2D eigenvalue weighted by Gasteiger charge is -2.37. The van der Waals surface area contributed by atoms with Gasteiger partial charge in [-0.25, -0.2) is 0 Å². The molecule has 0 bridgehead atoms. The molecule has 1 aliphatic rings. The minimum Gasteiger partial charge on any atom is -0.368 e. The predicted molar refractivity (Wildman–Crippen MR) is 131 cm³/mol. The van der Waals surface area contributed by atoms with Gasteiger partial charge in [-0.3, -0.25) is 4.90 Å². The molecule has 30 heavy (non-hydrogen) atoms. The molecular weight excluding hydrogens is 411 g/mol. The molecular formula is C26H30Cl2N2. The van der Waals surface area contributed by atoms with E-state index in [0.29, 0.717) is 10.9 Å². The first-order valence-electron chi connectivity index (χ1n) is 10.5. The molecule has 0 N–H and O–H groups in total. The van der Waals surface area contributed by atoms with Crippen LogP contribution in [0.15, 0.2) is 78.9 Å². The minimum atomic E-state index is 0.557. The van der Waals surface area contributed by atoms with Gasteiger partial charge in [-0.05, 0) is 36.6 Å². The van der Waals surface area contributed by atoms with Gasteiger partial charge < -0.3 is 4.90 Å². The maximum absolute atomic E-state index is 6.32. The third kappa shape index (κ3) is 6.77. The topological polar surface area (TPSA) is 6.48 Å². The molecule has 1 saturated heterocycles. The molecule has 1 aliphatic heterocycles. The Balaban J connectivity index is 0.000000310. The van der Waals surface area contributed by atoms with E-state index in [4.69, 9.17) is 23.2 Å². The smallest absolute Gasteiger partial charge is 0.0654 e. The number of piperazine rings is 1. The zero-order valence-corrected chi connectivity index (χ0v) is 19.3. The number of anilines is 1. The quantitative estimate of drug-likeness (QED) is 0.434. The van der Waals surface area contributed by atoms with Crippen molar-refractivity contribution in [1.29, 1.82) is 0 Å². The first kappa shape index (κ1) is 22.7. The molecule has 3 aromatic carbocycles. The van der Waals surface area contributed by atoms with E-state index in [1.807, 2.05) is 36.4 Å². The Morgan fingerprint density at radius 3 is 1.93 bits per heavy atom. The summed E-state index contributed by atoms with van der Waals surface area (Å²) in [5.74, 6) is 0.557. The number of halogens is 2. The van der Waals surface area contributed by atoms with Gasteiger partial charge in [0.15, 0.2) is 0 Å². The highest BCUT2D eigenvalue weighted by Crippen LogP contribution is 2.29. The lowest BCUT2D eigenvalue weighted by Crippen LogP contribution is -2.47. The van der Waals surface area contributed by atoms with Crippen molar-refractivity contribution >= 4 is 28.9 Å². The Kier molecular flexibility index (Phi) is 8.62. The molecule has 4 heteroatoms. The Hall–Kier alpha value is -2.00. The van der Waals surface area contributed by atoms with Crippen molar-refractivity contribution in [3.05, 3.63) is 100 Å². The van der Waals surface area contributed by atoms with E-state index < -0.39 is 0 Å². The van der Waals surface area contributed by atoms with Gasteiger partial charge in [0.25, 0.3) is 0 Å². The summed E-state index contributed by atoms with van der Waals surface area (Å²) in [4.78, 5) is 4.89. The fraction of sp³-hybridized carbons (Fsp3) is 0.308. The average molecular weight is 441 g/mol. The van der Waals surface area contributed by atoms with E-state index in [9.17, 15) is 0 Å². The summed E-state index contributed by atoms with van der Waals surface area (Å²) < 4.78 is 0. The minimum absolute atomic E-state index is 0.557. The standard InChI is InChI=1S/C19H22Cl2N2.C7H8/c1-15(16-5-3-2-4-6-16)14-22-9-11-23(12-10-22)19-8-7-17(20)13-18(19)21;1-7-5-3-2-4-6-7/h2-8,13,15H,9-12,14H2,1H3;2-6H,1H3/t15-;/m0./s1. The summed E-state index contributed by atoms with van der Waals surface area (Å²) in [5, 5.41) is 1.43. The highest BCUT2D eigenvalue weighted by molar-refractivity contribution is 6.36. The second-order valence-corrected chi connectivity index (χ2v) is 8.69. The van der Waals surface area contributed by atoms with E-state index in [-0.39, 0.29) is 0 Å². The maximum Gasteiger partial charge on any atom is 0.0654 e. The highest BCUT2D eigenvalue weighted by Gasteiger charge is 2.20. The molecule has 0 aliphatic carbocycles. The molecule has 1 heterocycles. The molecule has 0 aromatic heterocycles. The molecule has 0 unspecified atom stereocenters. The predicted octanol–water partition coefficient (Wildman–Crippen LogP) is 6.91. The Bertz CT molecular complexity index is 891. The van der Waals surface area contributed by atoms with E-state index in [2.05, 4.69) is 66.1 Å². The normalized spacial score (nSPS) is 15.3. The van der Waals surface area contributed by atoms with Crippen molar-refractivity contribution in [2.75, 3.05) is 37.6 Å². The third-order valence-electron chi connectivity index (χ3n) is 5.46. The highest BCUT2D eigenvalue weighted by atomic mass is 35.5. The second-order valence-electron chi connectivity index (χ2n) is 7.85. The number of benzene rings is 3. The van der Waals surface area contributed by atoms with E-state index in [1.54, 1.807) is 0 Å². The van der Waals surface area contributed by atoms with Crippen LogP contribution < -0.4 is 4.90 Å². The molecule has 1 fully saturated rings. The molecule has 0 saturated carbocycles. The lowest BCUT2D eigenvalue weighted by atomic mass is 10.0. The van der Waals surface area contributed by atoms with Crippen LogP contribution in [0.3, 0.4) is 0 Å². The summed E-state index contributed by atoms with van der Waals surface area (Å²) >= 11 is 12.3. The average Bonchev–Trinajstić information content (AvgIpc) is 2.76. The van der Waals surface area contributed by atoms with Crippen LogP contribution >= 0.6 is 23.2 Å². The van der Waals surface area contributed by atoms with Gasteiger partial charge in [-0.2, -0.15) is 0 Å². The Morgan fingerprint density at radius 1 is 0.800 bits per heavy atom. The molecule has 0 radical (unpaired) electrons.